The number of hydrogen-bond donors (Lipinski definition) is 3. The molecule has 0 aromatic rings. The highest BCUT2D eigenvalue weighted by Gasteiger charge is 2.51. The fourth-order valence-electron chi connectivity index (χ4n) is 4.93. The van der Waals surface area contributed by atoms with Crippen LogP contribution in [0.25, 0.3) is 0 Å². The lowest BCUT2D eigenvalue weighted by molar-refractivity contribution is -0.146. The number of carbonyl (C=O) groups is 2. The number of carboxylic acids is 1. The van der Waals surface area contributed by atoms with Gasteiger partial charge in [-0.1, -0.05) is 0 Å². The minimum Gasteiger partial charge on any atom is -0.481 e. The number of carboxylic acid groups (broad SMARTS) is 1. The molecule has 2 amide bonds. The maximum absolute atomic E-state index is 12.2. The fourth-order valence-corrected chi connectivity index (χ4v) is 4.93. The normalized spacial score (nSPS) is 37.3. The van der Waals surface area contributed by atoms with Crippen LogP contribution in [0.15, 0.2) is 0 Å². The van der Waals surface area contributed by atoms with Gasteiger partial charge in [-0.2, -0.15) is 0 Å². The van der Waals surface area contributed by atoms with Crippen molar-refractivity contribution >= 4 is 12.0 Å². The fraction of sp³-hybridized carbons (Fsp3) is 0.875. The number of urea groups is 1. The van der Waals surface area contributed by atoms with Crippen molar-refractivity contribution in [2.24, 2.45) is 23.2 Å². The molecule has 0 aromatic carbocycles. The van der Waals surface area contributed by atoms with Gasteiger partial charge in [0.2, 0.25) is 0 Å². The molecule has 0 aromatic heterocycles. The first kappa shape index (κ1) is 14.7. The van der Waals surface area contributed by atoms with Crippen molar-refractivity contribution in [1.82, 2.24) is 10.6 Å². The summed E-state index contributed by atoms with van der Waals surface area (Å²) in [5.74, 6) is 1.46. The number of amides is 2. The Morgan fingerprint density at radius 2 is 1.57 bits per heavy atom. The summed E-state index contributed by atoms with van der Waals surface area (Å²) in [5, 5.41) is 15.0. The molecule has 0 radical (unpaired) electrons. The molecule has 5 nitrogen and oxygen atoms in total. The van der Waals surface area contributed by atoms with E-state index in [-0.39, 0.29) is 18.1 Å². The van der Waals surface area contributed by atoms with Crippen LogP contribution in [0, 0.1) is 23.2 Å². The second-order valence-electron chi connectivity index (χ2n) is 8.19. The van der Waals surface area contributed by atoms with Crippen LogP contribution in [0.4, 0.5) is 4.79 Å². The molecule has 0 heterocycles. The Bertz CT molecular complexity index is 423. The second kappa shape index (κ2) is 4.89. The molecule has 4 rings (SSSR count). The summed E-state index contributed by atoms with van der Waals surface area (Å²) in [7, 11) is 0. The van der Waals surface area contributed by atoms with Crippen LogP contribution in [-0.2, 0) is 4.79 Å². The van der Waals surface area contributed by atoms with E-state index in [1.165, 1.54) is 19.3 Å². The van der Waals surface area contributed by atoms with Crippen LogP contribution in [0.2, 0.25) is 0 Å². The Morgan fingerprint density at radius 1 is 1.10 bits per heavy atom. The summed E-state index contributed by atoms with van der Waals surface area (Å²) in [6.07, 6.45) is 7.34. The standard InChI is InChI=1S/C16H26N2O3/c1-15(2,13(19)20)9-17-14(21)18-16-6-10-3-11(7-16)5-12(4-10)8-16/h10-12H,3-9H2,1-2H3,(H,19,20)(H2,17,18,21). The highest BCUT2D eigenvalue weighted by atomic mass is 16.4. The molecule has 0 spiro atoms. The van der Waals surface area contributed by atoms with E-state index in [1.54, 1.807) is 13.8 Å². The van der Waals surface area contributed by atoms with Gasteiger partial charge in [0.25, 0.3) is 0 Å². The van der Waals surface area contributed by atoms with Crippen molar-refractivity contribution in [3.8, 4) is 0 Å². The largest absolute Gasteiger partial charge is 0.481 e. The zero-order chi connectivity index (χ0) is 15.3. The number of nitrogens with one attached hydrogen (secondary N) is 2. The van der Waals surface area contributed by atoms with Crippen molar-refractivity contribution in [2.75, 3.05) is 6.54 Å². The number of aliphatic carboxylic acids is 1. The first-order valence-electron chi connectivity index (χ1n) is 8.07. The summed E-state index contributed by atoms with van der Waals surface area (Å²) in [4.78, 5) is 23.3. The van der Waals surface area contributed by atoms with Crippen molar-refractivity contribution in [3.63, 3.8) is 0 Å². The van der Waals surface area contributed by atoms with Crippen molar-refractivity contribution in [2.45, 2.75) is 57.9 Å². The average molecular weight is 294 g/mol. The van der Waals surface area contributed by atoms with E-state index in [0.29, 0.717) is 0 Å². The van der Waals surface area contributed by atoms with E-state index in [1.807, 2.05) is 0 Å². The van der Waals surface area contributed by atoms with E-state index < -0.39 is 11.4 Å². The molecule has 3 N–H and O–H groups in total. The Balaban J connectivity index is 1.57. The first-order valence-corrected chi connectivity index (χ1v) is 8.07. The van der Waals surface area contributed by atoms with E-state index in [2.05, 4.69) is 10.6 Å². The van der Waals surface area contributed by atoms with Gasteiger partial charge in [-0.25, -0.2) is 4.79 Å². The Labute approximate surface area is 125 Å². The summed E-state index contributed by atoms with van der Waals surface area (Å²) in [6, 6.07) is -0.203. The Morgan fingerprint density at radius 3 is 2.00 bits per heavy atom. The van der Waals surface area contributed by atoms with Crippen molar-refractivity contribution in [1.29, 1.82) is 0 Å². The highest BCUT2D eigenvalue weighted by Crippen LogP contribution is 2.55. The molecule has 4 fully saturated rings. The monoisotopic (exact) mass is 294 g/mol. The first-order chi connectivity index (χ1) is 9.78. The maximum atomic E-state index is 12.2. The molecule has 5 heteroatoms. The van der Waals surface area contributed by atoms with Crippen LogP contribution >= 0.6 is 0 Å². The lowest BCUT2D eigenvalue weighted by atomic mass is 9.53. The summed E-state index contributed by atoms with van der Waals surface area (Å²) in [5.41, 5.74) is -0.953. The molecule has 0 unspecified atom stereocenters. The Kier molecular flexibility index (Phi) is 3.41. The number of rotatable bonds is 4. The van der Waals surface area contributed by atoms with Gasteiger partial charge in [0.05, 0.1) is 5.41 Å². The molecular formula is C16H26N2O3. The quantitative estimate of drug-likeness (QED) is 0.745. The van der Waals surface area contributed by atoms with Crippen molar-refractivity contribution < 1.29 is 14.7 Å². The predicted molar refractivity (Wildman–Crippen MR) is 78.9 cm³/mol. The van der Waals surface area contributed by atoms with Gasteiger partial charge in [-0.3, -0.25) is 4.79 Å². The van der Waals surface area contributed by atoms with E-state index in [4.69, 9.17) is 5.11 Å². The second-order valence-corrected chi connectivity index (χ2v) is 8.19. The van der Waals surface area contributed by atoms with Gasteiger partial charge >= 0.3 is 12.0 Å². The van der Waals surface area contributed by atoms with Crippen LogP contribution in [0.3, 0.4) is 0 Å². The third-order valence-electron chi connectivity index (χ3n) is 5.69. The summed E-state index contributed by atoms with van der Waals surface area (Å²) in [6.45, 7) is 3.40. The third-order valence-corrected chi connectivity index (χ3v) is 5.69. The molecule has 0 atom stereocenters. The van der Waals surface area contributed by atoms with Gasteiger partial charge in [-0.05, 0) is 70.1 Å². The van der Waals surface area contributed by atoms with Crippen LogP contribution < -0.4 is 10.6 Å². The molecule has 118 valence electrons. The molecular weight excluding hydrogens is 268 g/mol. The van der Waals surface area contributed by atoms with E-state index >= 15 is 0 Å². The van der Waals surface area contributed by atoms with Gasteiger partial charge in [0, 0.05) is 12.1 Å². The molecule has 4 aliphatic rings. The zero-order valence-electron chi connectivity index (χ0n) is 12.9. The SMILES string of the molecule is CC(C)(CNC(=O)NC12CC3CC(CC(C3)C1)C2)C(=O)O. The minimum atomic E-state index is -0.932. The number of carbonyl (C=O) groups excluding carboxylic acids is 1. The van der Waals surface area contributed by atoms with Crippen LogP contribution in [-0.4, -0.2) is 29.2 Å². The van der Waals surface area contributed by atoms with Crippen molar-refractivity contribution in [3.05, 3.63) is 0 Å². The molecule has 4 bridgehead atoms. The van der Waals surface area contributed by atoms with Gasteiger partial charge < -0.3 is 15.7 Å². The lowest BCUT2D eigenvalue weighted by Gasteiger charge is -2.56. The van der Waals surface area contributed by atoms with Gasteiger partial charge in [-0.15, -0.1) is 0 Å². The highest BCUT2D eigenvalue weighted by molar-refractivity contribution is 5.78. The Hall–Kier alpha value is -1.26. The van der Waals surface area contributed by atoms with Crippen LogP contribution in [0.1, 0.15) is 52.4 Å². The smallest absolute Gasteiger partial charge is 0.315 e. The third kappa shape index (κ3) is 2.87. The van der Waals surface area contributed by atoms with E-state index in [9.17, 15) is 9.59 Å². The number of hydrogen-bond acceptors (Lipinski definition) is 2. The minimum absolute atomic E-state index is 0.0216. The average Bonchev–Trinajstić information content (AvgIpc) is 2.34. The molecule has 0 aliphatic heterocycles. The lowest BCUT2D eigenvalue weighted by Crippen LogP contribution is -2.61. The molecule has 0 saturated heterocycles. The predicted octanol–water partition coefficient (Wildman–Crippen LogP) is 2.37. The van der Waals surface area contributed by atoms with E-state index in [0.717, 1.165) is 37.0 Å². The molecule has 4 aliphatic carbocycles. The van der Waals surface area contributed by atoms with Gasteiger partial charge in [0.1, 0.15) is 0 Å². The maximum Gasteiger partial charge on any atom is 0.315 e. The van der Waals surface area contributed by atoms with Crippen LogP contribution in [0.5, 0.6) is 0 Å². The summed E-state index contributed by atoms with van der Waals surface area (Å²) < 4.78 is 0. The summed E-state index contributed by atoms with van der Waals surface area (Å²) >= 11 is 0. The molecule has 4 saturated carbocycles. The van der Waals surface area contributed by atoms with Gasteiger partial charge in [0.15, 0.2) is 0 Å². The molecule has 21 heavy (non-hydrogen) atoms. The zero-order valence-corrected chi connectivity index (χ0v) is 12.9. The topological polar surface area (TPSA) is 78.4 Å².